The van der Waals surface area contributed by atoms with Crippen LogP contribution in [-0.4, -0.2) is 10.8 Å². The molecule has 2 aromatic rings. The monoisotopic (exact) mass is 271 g/mol. The number of hydrogen-bond donors (Lipinski definition) is 2. The molecule has 2 rings (SSSR count). The van der Waals surface area contributed by atoms with Crippen LogP contribution < -0.4 is 11.3 Å². The molecule has 0 saturated heterocycles. The van der Waals surface area contributed by atoms with Gasteiger partial charge in [-0.15, -0.1) is 0 Å². The Morgan fingerprint density at radius 3 is 2.40 bits per heavy atom. The summed E-state index contributed by atoms with van der Waals surface area (Å²) in [6.07, 6.45) is 0.502. The summed E-state index contributed by atoms with van der Waals surface area (Å²) >= 11 is 0. The van der Waals surface area contributed by atoms with Crippen LogP contribution in [0.3, 0.4) is 0 Å². The van der Waals surface area contributed by atoms with Crippen molar-refractivity contribution in [1.29, 1.82) is 0 Å². The number of carbonyl (C=O) groups is 1. The minimum Gasteiger partial charge on any atom is -0.290 e. The molecule has 0 heterocycles. The minimum atomic E-state index is -0.445. The molecule has 0 saturated carbocycles. The number of carbonyl (C=O) groups excluding carboxylic acids is 1. The van der Waals surface area contributed by atoms with Crippen LogP contribution in [0.5, 0.6) is 0 Å². The van der Waals surface area contributed by atoms with Gasteiger partial charge in [-0.2, -0.15) is 0 Å². The Kier molecular flexibility index (Phi) is 4.07. The maximum absolute atomic E-state index is 11.6. The van der Waals surface area contributed by atoms with Gasteiger partial charge in [0.05, 0.1) is 4.92 Å². The Labute approximate surface area is 115 Å². The average Bonchev–Trinajstić information content (AvgIpc) is 2.47. The van der Waals surface area contributed by atoms with Crippen molar-refractivity contribution in [2.45, 2.75) is 6.42 Å². The molecule has 6 heteroatoms. The van der Waals surface area contributed by atoms with Gasteiger partial charge in [-0.25, -0.2) is 5.84 Å². The smallest absolute Gasteiger partial charge is 0.269 e. The molecule has 2 aromatic carbocycles. The van der Waals surface area contributed by atoms with Gasteiger partial charge in [0.15, 0.2) is 0 Å². The number of benzene rings is 2. The van der Waals surface area contributed by atoms with Gasteiger partial charge < -0.3 is 0 Å². The summed E-state index contributed by atoms with van der Waals surface area (Å²) in [5.41, 5.74) is 4.33. The van der Waals surface area contributed by atoms with Crippen LogP contribution >= 0.6 is 0 Å². The molecule has 6 nitrogen and oxygen atoms in total. The summed E-state index contributed by atoms with van der Waals surface area (Å²) in [4.78, 5) is 21.8. The van der Waals surface area contributed by atoms with E-state index < -0.39 is 4.92 Å². The van der Waals surface area contributed by atoms with E-state index in [4.69, 9.17) is 5.84 Å². The van der Waals surface area contributed by atoms with Crippen molar-refractivity contribution in [2.24, 2.45) is 5.84 Å². The molecule has 0 atom stereocenters. The third-order valence-electron chi connectivity index (χ3n) is 2.93. The minimum absolute atomic E-state index is 0.0433. The number of nitrogens with one attached hydrogen (secondary N) is 1. The number of nitro benzene ring substituents is 1. The number of hydrazine groups is 1. The van der Waals surface area contributed by atoms with Crippen molar-refractivity contribution < 1.29 is 9.72 Å². The molecule has 20 heavy (non-hydrogen) atoms. The summed E-state index contributed by atoms with van der Waals surface area (Å²) in [6.45, 7) is 0. The Bertz CT molecular complexity index is 638. The lowest BCUT2D eigenvalue weighted by atomic mass is 9.99. The van der Waals surface area contributed by atoms with E-state index in [1.165, 1.54) is 12.1 Å². The molecule has 0 aromatic heterocycles. The van der Waals surface area contributed by atoms with Crippen LogP contribution in [0.25, 0.3) is 0 Å². The average molecular weight is 271 g/mol. The van der Waals surface area contributed by atoms with Crippen molar-refractivity contribution in [1.82, 2.24) is 5.43 Å². The zero-order valence-electron chi connectivity index (χ0n) is 10.6. The maximum Gasteiger partial charge on any atom is 0.269 e. The van der Waals surface area contributed by atoms with Gasteiger partial charge in [0.1, 0.15) is 0 Å². The van der Waals surface area contributed by atoms with Crippen LogP contribution in [0.4, 0.5) is 5.69 Å². The molecule has 0 aliphatic rings. The van der Waals surface area contributed by atoms with Crippen LogP contribution in [0.15, 0.2) is 48.5 Å². The van der Waals surface area contributed by atoms with E-state index in [0.29, 0.717) is 12.0 Å². The molecule has 0 aliphatic carbocycles. The van der Waals surface area contributed by atoms with Crippen molar-refractivity contribution in [3.63, 3.8) is 0 Å². The lowest BCUT2D eigenvalue weighted by molar-refractivity contribution is -0.384. The fourth-order valence-electron chi connectivity index (χ4n) is 1.93. The number of nitrogens with two attached hydrogens (primary N) is 1. The third kappa shape index (κ3) is 2.99. The summed E-state index contributed by atoms with van der Waals surface area (Å²) in [5.74, 6) is 4.79. The molecule has 0 bridgehead atoms. The standard InChI is InChI=1S/C14H13N3O3/c15-16-14(18)13-4-2-1-3-11(13)9-10-5-7-12(8-6-10)17(19)20/h1-8H,9,15H2,(H,16,18). The van der Waals surface area contributed by atoms with Crippen molar-refractivity contribution in [3.8, 4) is 0 Å². The Balaban J connectivity index is 2.26. The Morgan fingerprint density at radius 2 is 1.80 bits per heavy atom. The predicted octanol–water partition coefficient (Wildman–Crippen LogP) is 1.79. The summed E-state index contributed by atoms with van der Waals surface area (Å²) in [5, 5.41) is 10.6. The number of nitrogens with zero attached hydrogens (tertiary/aromatic N) is 1. The molecule has 0 fully saturated rings. The fraction of sp³-hybridized carbons (Fsp3) is 0.0714. The second kappa shape index (κ2) is 5.94. The number of rotatable bonds is 4. The summed E-state index contributed by atoms with van der Waals surface area (Å²) < 4.78 is 0. The number of nitro groups is 1. The highest BCUT2D eigenvalue weighted by molar-refractivity contribution is 5.95. The maximum atomic E-state index is 11.6. The highest BCUT2D eigenvalue weighted by Gasteiger charge is 2.10. The first-order valence-corrected chi connectivity index (χ1v) is 5.94. The number of hydrogen-bond acceptors (Lipinski definition) is 4. The van der Waals surface area contributed by atoms with E-state index in [1.54, 1.807) is 24.3 Å². The van der Waals surface area contributed by atoms with Gasteiger partial charge in [0.25, 0.3) is 11.6 Å². The molecule has 0 unspecified atom stereocenters. The number of non-ortho nitro benzene ring substituents is 1. The zero-order valence-corrected chi connectivity index (χ0v) is 10.6. The lowest BCUT2D eigenvalue weighted by Crippen LogP contribution is -2.30. The molecule has 102 valence electrons. The Hall–Kier alpha value is -2.73. The predicted molar refractivity (Wildman–Crippen MR) is 74.0 cm³/mol. The normalized spacial score (nSPS) is 10.1. The first-order valence-electron chi connectivity index (χ1n) is 5.94. The first kappa shape index (κ1) is 13.7. The van der Waals surface area contributed by atoms with Gasteiger partial charge in [0.2, 0.25) is 0 Å². The van der Waals surface area contributed by atoms with Gasteiger partial charge in [0, 0.05) is 17.7 Å². The molecule has 3 N–H and O–H groups in total. The third-order valence-corrected chi connectivity index (χ3v) is 2.93. The zero-order chi connectivity index (χ0) is 14.5. The second-order valence-corrected chi connectivity index (χ2v) is 4.23. The highest BCUT2D eigenvalue weighted by atomic mass is 16.6. The summed E-state index contributed by atoms with van der Waals surface area (Å²) in [7, 11) is 0. The molecule has 0 radical (unpaired) electrons. The number of amides is 1. The molecular formula is C14H13N3O3. The SMILES string of the molecule is NNC(=O)c1ccccc1Cc1ccc([N+](=O)[O-])cc1. The van der Waals surface area contributed by atoms with E-state index in [-0.39, 0.29) is 11.6 Å². The summed E-state index contributed by atoms with van der Waals surface area (Å²) in [6, 6.07) is 13.3. The molecule has 1 amide bonds. The van der Waals surface area contributed by atoms with Gasteiger partial charge in [-0.1, -0.05) is 30.3 Å². The van der Waals surface area contributed by atoms with Gasteiger partial charge in [-0.3, -0.25) is 20.3 Å². The number of nitrogen functional groups attached to an aromatic ring is 1. The first-order chi connectivity index (χ1) is 9.61. The van der Waals surface area contributed by atoms with Crippen molar-refractivity contribution >= 4 is 11.6 Å². The highest BCUT2D eigenvalue weighted by Crippen LogP contribution is 2.17. The fourth-order valence-corrected chi connectivity index (χ4v) is 1.93. The van der Waals surface area contributed by atoms with Crippen LogP contribution in [0, 0.1) is 10.1 Å². The van der Waals surface area contributed by atoms with E-state index in [9.17, 15) is 14.9 Å². The lowest BCUT2D eigenvalue weighted by Gasteiger charge is -2.08. The Morgan fingerprint density at radius 1 is 1.15 bits per heavy atom. The second-order valence-electron chi connectivity index (χ2n) is 4.23. The van der Waals surface area contributed by atoms with Gasteiger partial charge in [-0.05, 0) is 23.6 Å². The molecule has 0 aliphatic heterocycles. The molecule has 0 spiro atoms. The van der Waals surface area contributed by atoms with E-state index in [2.05, 4.69) is 5.43 Å². The molecular weight excluding hydrogens is 258 g/mol. The van der Waals surface area contributed by atoms with Crippen LogP contribution in [0.1, 0.15) is 21.5 Å². The van der Waals surface area contributed by atoms with Crippen LogP contribution in [-0.2, 0) is 6.42 Å². The topological polar surface area (TPSA) is 98.3 Å². The van der Waals surface area contributed by atoms with E-state index in [0.717, 1.165) is 11.1 Å². The van der Waals surface area contributed by atoms with E-state index >= 15 is 0 Å². The quantitative estimate of drug-likeness (QED) is 0.383. The van der Waals surface area contributed by atoms with Gasteiger partial charge >= 0.3 is 0 Å². The van der Waals surface area contributed by atoms with E-state index in [1.807, 2.05) is 12.1 Å². The van der Waals surface area contributed by atoms with Crippen molar-refractivity contribution in [2.75, 3.05) is 0 Å². The van der Waals surface area contributed by atoms with Crippen LogP contribution in [0.2, 0.25) is 0 Å². The van der Waals surface area contributed by atoms with Crippen molar-refractivity contribution in [3.05, 3.63) is 75.3 Å². The largest absolute Gasteiger partial charge is 0.290 e.